The Bertz CT molecular complexity index is 729. The van der Waals surface area contributed by atoms with E-state index in [4.69, 9.17) is 9.47 Å². The van der Waals surface area contributed by atoms with Crippen molar-refractivity contribution in [2.45, 2.75) is 13.5 Å². The minimum absolute atomic E-state index is 0.0248. The molecule has 24 heavy (non-hydrogen) atoms. The molecule has 0 saturated heterocycles. The Kier molecular flexibility index (Phi) is 6.19. The second-order valence-electron chi connectivity index (χ2n) is 4.88. The lowest BCUT2D eigenvalue weighted by atomic mass is 10.2. The Hall–Kier alpha value is -3.02. The molecule has 1 aromatic carbocycles. The molecule has 0 bridgehead atoms. The van der Waals surface area contributed by atoms with E-state index in [1.54, 1.807) is 30.5 Å². The van der Waals surface area contributed by atoms with Crippen LogP contribution in [0.1, 0.15) is 18.1 Å². The molecule has 0 aliphatic heterocycles. The predicted octanol–water partition coefficient (Wildman–Crippen LogP) is 2.52. The van der Waals surface area contributed by atoms with Gasteiger partial charge in [-0.3, -0.25) is 4.79 Å². The molecule has 2 aromatic rings. The van der Waals surface area contributed by atoms with Crippen LogP contribution in [-0.2, 0) is 11.3 Å². The summed E-state index contributed by atoms with van der Waals surface area (Å²) in [7, 11) is 1.48. The molecule has 0 spiro atoms. The predicted molar refractivity (Wildman–Crippen MR) is 90.9 cm³/mol. The number of rotatable bonds is 7. The Balaban J connectivity index is 1.95. The fourth-order valence-corrected chi connectivity index (χ4v) is 2.05. The molecule has 0 radical (unpaired) electrons. The van der Waals surface area contributed by atoms with Crippen molar-refractivity contribution in [2.24, 2.45) is 0 Å². The molecular formula is C18H20N2O4. The van der Waals surface area contributed by atoms with Gasteiger partial charge in [0.1, 0.15) is 0 Å². The number of nitrogens with one attached hydrogen (secondary N) is 1. The van der Waals surface area contributed by atoms with Crippen LogP contribution < -0.4 is 14.8 Å². The lowest BCUT2D eigenvalue weighted by Gasteiger charge is -2.08. The van der Waals surface area contributed by atoms with E-state index in [2.05, 4.69) is 10.3 Å². The zero-order valence-electron chi connectivity index (χ0n) is 13.7. The topological polar surface area (TPSA) is 80.7 Å². The number of aromatic hydroxyl groups is 1. The molecule has 1 amide bonds. The Labute approximate surface area is 140 Å². The molecule has 0 saturated carbocycles. The second-order valence-corrected chi connectivity index (χ2v) is 4.88. The molecule has 0 aliphatic carbocycles. The average Bonchev–Trinajstić information content (AvgIpc) is 2.59. The number of benzene rings is 1. The van der Waals surface area contributed by atoms with Gasteiger partial charge in [-0.15, -0.1) is 0 Å². The zero-order valence-corrected chi connectivity index (χ0v) is 13.7. The van der Waals surface area contributed by atoms with Crippen molar-refractivity contribution in [2.75, 3.05) is 13.7 Å². The minimum Gasteiger partial charge on any atom is -0.504 e. The van der Waals surface area contributed by atoms with Crippen LogP contribution >= 0.6 is 0 Å². The number of pyridine rings is 1. The molecule has 0 fully saturated rings. The first-order chi connectivity index (χ1) is 11.6. The van der Waals surface area contributed by atoms with Gasteiger partial charge in [-0.2, -0.15) is 0 Å². The molecule has 0 atom stereocenters. The van der Waals surface area contributed by atoms with Crippen LogP contribution in [0, 0.1) is 0 Å². The third-order valence-electron chi connectivity index (χ3n) is 3.21. The summed E-state index contributed by atoms with van der Waals surface area (Å²) < 4.78 is 10.4. The highest BCUT2D eigenvalue weighted by Gasteiger charge is 2.05. The highest BCUT2D eigenvalue weighted by atomic mass is 16.5. The molecule has 0 unspecified atom stereocenters. The number of phenolic OH excluding ortho intramolecular Hbond substituents is 1. The number of hydrogen-bond donors (Lipinski definition) is 2. The van der Waals surface area contributed by atoms with Crippen LogP contribution in [0.3, 0.4) is 0 Å². The van der Waals surface area contributed by atoms with Gasteiger partial charge in [0.05, 0.1) is 13.7 Å². The molecule has 6 nitrogen and oxygen atoms in total. The van der Waals surface area contributed by atoms with Gasteiger partial charge in [0.2, 0.25) is 11.8 Å². The van der Waals surface area contributed by atoms with Gasteiger partial charge < -0.3 is 19.9 Å². The van der Waals surface area contributed by atoms with Gasteiger partial charge >= 0.3 is 0 Å². The number of amides is 1. The van der Waals surface area contributed by atoms with Crippen molar-refractivity contribution >= 4 is 12.0 Å². The third kappa shape index (κ3) is 4.74. The number of carbonyl (C=O) groups excluding carboxylic acids is 1. The van der Waals surface area contributed by atoms with Crippen LogP contribution in [0.25, 0.3) is 6.08 Å². The summed E-state index contributed by atoms with van der Waals surface area (Å²) in [4.78, 5) is 16.1. The molecule has 2 rings (SSSR count). The maximum absolute atomic E-state index is 11.9. The second kappa shape index (κ2) is 8.57. The van der Waals surface area contributed by atoms with Gasteiger partial charge in [0.15, 0.2) is 11.5 Å². The van der Waals surface area contributed by atoms with E-state index in [1.165, 1.54) is 19.3 Å². The Morgan fingerprint density at radius 2 is 2.21 bits per heavy atom. The minimum atomic E-state index is -0.253. The zero-order chi connectivity index (χ0) is 17.4. The van der Waals surface area contributed by atoms with Gasteiger partial charge in [-0.1, -0.05) is 12.1 Å². The third-order valence-corrected chi connectivity index (χ3v) is 3.21. The summed E-state index contributed by atoms with van der Waals surface area (Å²) in [6, 6.07) is 8.55. The van der Waals surface area contributed by atoms with Crippen molar-refractivity contribution in [1.82, 2.24) is 10.3 Å². The van der Waals surface area contributed by atoms with Crippen molar-refractivity contribution in [1.29, 1.82) is 0 Å². The summed E-state index contributed by atoms with van der Waals surface area (Å²) in [6.45, 7) is 2.71. The van der Waals surface area contributed by atoms with Crippen LogP contribution in [0.15, 0.2) is 42.6 Å². The van der Waals surface area contributed by atoms with Crippen LogP contribution in [0.4, 0.5) is 0 Å². The highest BCUT2D eigenvalue weighted by Crippen LogP contribution is 2.26. The largest absolute Gasteiger partial charge is 0.504 e. The first kappa shape index (κ1) is 17.3. The first-order valence-corrected chi connectivity index (χ1v) is 7.53. The van der Waals surface area contributed by atoms with Crippen LogP contribution in [-0.4, -0.2) is 29.7 Å². The lowest BCUT2D eigenvalue weighted by Crippen LogP contribution is -2.20. The SMILES string of the molecule is CCOc1ncccc1CNC(=O)C=Cc1ccc(OC)c(O)c1. The number of hydrogen-bond acceptors (Lipinski definition) is 5. The van der Waals surface area contributed by atoms with E-state index in [0.29, 0.717) is 30.3 Å². The quantitative estimate of drug-likeness (QED) is 0.763. The number of aromatic nitrogens is 1. The summed E-state index contributed by atoms with van der Waals surface area (Å²) >= 11 is 0. The molecule has 1 aromatic heterocycles. The summed E-state index contributed by atoms with van der Waals surface area (Å²) in [6.07, 6.45) is 4.66. The van der Waals surface area contributed by atoms with Crippen LogP contribution in [0.2, 0.25) is 0 Å². The first-order valence-electron chi connectivity index (χ1n) is 7.53. The summed E-state index contributed by atoms with van der Waals surface area (Å²) in [5.74, 6) is 0.675. The van der Waals surface area contributed by atoms with Crippen LogP contribution in [0.5, 0.6) is 17.4 Å². The summed E-state index contributed by atoms with van der Waals surface area (Å²) in [5.41, 5.74) is 1.50. The lowest BCUT2D eigenvalue weighted by molar-refractivity contribution is -0.116. The molecule has 2 N–H and O–H groups in total. The van der Waals surface area contributed by atoms with E-state index in [9.17, 15) is 9.90 Å². The maximum Gasteiger partial charge on any atom is 0.244 e. The van der Waals surface area contributed by atoms with E-state index in [-0.39, 0.29) is 11.7 Å². The maximum atomic E-state index is 11.9. The molecular weight excluding hydrogens is 308 g/mol. The van der Waals surface area contributed by atoms with E-state index in [0.717, 1.165) is 5.56 Å². The molecule has 126 valence electrons. The number of nitrogens with zero attached hydrogens (tertiary/aromatic N) is 1. The fourth-order valence-electron chi connectivity index (χ4n) is 2.05. The number of methoxy groups -OCH3 is 1. The van der Waals surface area contributed by atoms with Crippen molar-refractivity contribution < 1.29 is 19.4 Å². The molecule has 0 aliphatic rings. The monoisotopic (exact) mass is 328 g/mol. The highest BCUT2D eigenvalue weighted by molar-refractivity contribution is 5.91. The van der Waals surface area contributed by atoms with Crippen molar-refractivity contribution in [3.8, 4) is 17.4 Å². The van der Waals surface area contributed by atoms with E-state index >= 15 is 0 Å². The number of ether oxygens (including phenoxy) is 2. The number of phenols is 1. The van der Waals surface area contributed by atoms with Crippen molar-refractivity contribution in [3.05, 3.63) is 53.7 Å². The Morgan fingerprint density at radius 3 is 2.92 bits per heavy atom. The molecule has 6 heteroatoms. The van der Waals surface area contributed by atoms with Gasteiger partial charge in [0.25, 0.3) is 0 Å². The summed E-state index contributed by atoms with van der Waals surface area (Å²) in [5, 5.41) is 12.5. The van der Waals surface area contributed by atoms with E-state index < -0.39 is 0 Å². The van der Waals surface area contributed by atoms with Gasteiger partial charge in [0, 0.05) is 24.4 Å². The fraction of sp³-hybridized carbons (Fsp3) is 0.222. The standard InChI is InChI=1S/C18H20N2O4/c1-3-24-18-14(5-4-10-19-18)12-20-17(22)9-7-13-6-8-16(23-2)15(21)11-13/h4-11,21H,3,12H2,1-2H3,(H,20,22). The van der Waals surface area contributed by atoms with E-state index in [1.807, 2.05) is 13.0 Å². The Morgan fingerprint density at radius 1 is 1.38 bits per heavy atom. The average molecular weight is 328 g/mol. The number of carbonyl (C=O) groups is 1. The van der Waals surface area contributed by atoms with Crippen molar-refractivity contribution in [3.63, 3.8) is 0 Å². The van der Waals surface area contributed by atoms with Gasteiger partial charge in [-0.25, -0.2) is 4.98 Å². The smallest absolute Gasteiger partial charge is 0.244 e. The normalized spacial score (nSPS) is 10.6. The van der Waals surface area contributed by atoms with Gasteiger partial charge in [-0.05, 0) is 36.8 Å². The molecule has 1 heterocycles.